The highest BCUT2D eigenvalue weighted by atomic mass is 16.5. The maximum atomic E-state index is 9.47. The third kappa shape index (κ3) is 4.30. The molecule has 0 aliphatic rings. The van der Waals surface area contributed by atoms with Gasteiger partial charge in [0.25, 0.3) is 0 Å². The highest BCUT2D eigenvalue weighted by Gasteiger charge is 2.13. The second kappa shape index (κ2) is 4.62. The summed E-state index contributed by atoms with van der Waals surface area (Å²) in [6, 6.07) is 3.83. The maximum Gasteiger partial charge on any atom is 0.213 e. The standard InChI is InChI=1S/C12H19NO2/c1-9(2)10-5-6-11(13-7-10)15-8-12(3,4)14/h5-7,9,14H,8H2,1-4H3. The van der Waals surface area contributed by atoms with E-state index in [2.05, 4.69) is 18.8 Å². The summed E-state index contributed by atoms with van der Waals surface area (Å²) < 4.78 is 5.34. The molecule has 1 aromatic rings. The molecule has 0 aromatic carbocycles. The monoisotopic (exact) mass is 209 g/mol. The van der Waals surface area contributed by atoms with Gasteiger partial charge in [-0.15, -0.1) is 0 Å². The van der Waals surface area contributed by atoms with Gasteiger partial charge in [-0.25, -0.2) is 4.98 Å². The Labute approximate surface area is 91.1 Å². The minimum atomic E-state index is -0.821. The van der Waals surface area contributed by atoms with Crippen LogP contribution in [0.2, 0.25) is 0 Å². The van der Waals surface area contributed by atoms with Gasteiger partial charge in [0, 0.05) is 12.3 Å². The minimum Gasteiger partial charge on any atom is -0.475 e. The molecule has 1 rings (SSSR count). The van der Waals surface area contributed by atoms with Crippen molar-refractivity contribution in [2.45, 2.75) is 39.2 Å². The van der Waals surface area contributed by atoms with Gasteiger partial charge in [0.1, 0.15) is 6.61 Å². The maximum absolute atomic E-state index is 9.47. The molecule has 1 aromatic heterocycles. The third-order valence-corrected chi connectivity index (χ3v) is 2.00. The molecular weight excluding hydrogens is 190 g/mol. The second-order valence-electron chi connectivity index (χ2n) is 4.69. The fourth-order valence-electron chi connectivity index (χ4n) is 1.07. The van der Waals surface area contributed by atoms with E-state index in [1.54, 1.807) is 13.8 Å². The highest BCUT2D eigenvalue weighted by Crippen LogP contribution is 2.16. The van der Waals surface area contributed by atoms with Crippen LogP contribution >= 0.6 is 0 Å². The molecule has 0 unspecified atom stereocenters. The fourth-order valence-corrected chi connectivity index (χ4v) is 1.07. The SMILES string of the molecule is CC(C)c1ccc(OCC(C)(C)O)nc1. The van der Waals surface area contributed by atoms with E-state index in [9.17, 15) is 5.11 Å². The number of rotatable bonds is 4. The van der Waals surface area contributed by atoms with E-state index in [1.165, 1.54) is 5.56 Å². The van der Waals surface area contributed by atoms with Crippen LogP contribution in [0, 0.1) is 0 Å². The molecule has 0 atom stereocenters. The minimum absolute atomic E-state index is 0.251. The first-order chi connectivity index (χ1) is 6.88. The van der Waals surface area contributed by atoms with Crippen LogP contribution in [0.5, 0.6) is 5.88 Å². The summed E-state index contributed by atoms with van der Waals surface area (Å²) in [5, 5.41) is 9.47. The first-order valence-electron chi connectivity index (χ1n) is 5.19. The number of ether oxygens (including phenoxy) is 1. The largest absolute Gasteiger partial charge is 0.475 e. The van der Waals surface area contributed by atoms with Crippen molar-refractivity contribution in [2.75, 3.05) is 6.61 Å². The summed E-state index contributed by atoms with van der Waals surface area (Å²) in [4.78, 5) is 4.17. The first kappa shape index (κ1) is 12.0. The predicted octanol–water partition coefficient (Wildman–Crippen LogP) is 2.35. The Morgan fingerprint density at radius 2 is 2.07 bits per heavy atom. The molecular formula is C12H19NO2. The van der Waals surface area contributed by atoms with Gasteiger partial charge < -0.3 is 9.84 Å². The normalized spacial score (nSPS) is 11.9. The zero-order chi connectivity index (χ0) is 11.5. The van der Waals surface area contributed by atoms with Crippen LogP contribution in [-0.2, 0) is 0 Å². The van der Waals surface area contributed by atoms with Gasteiger partial charge >= 0.3 is 0 Å². The molecule has 0 bridgehead atoms. The van der Waals surface area contributed by atoms with E-state index in [4.69, 9.17) is 4.74 Å². The summed E-state index contributed by atoms with van der Waals surface area (Å²) in [7, 11) is 0. The van der Waals surface area contributed by atoms with E-state index in [-0.39, 0.29) is 6.61 Å². The molecule has 0 spiro atoms. The summed E-state index contributed by atoms with van der Waals surface area (Å²) >= 11 is 0. The van der Waals surface area contributed by atoms with Gasteiger partial charge in [-0.1, -0.05) is 19.9 Å². The van der Waals surface area contributed by atoms with Gasteiger partial charge in [0.15, 0.2) is 0 Å². The van der Waals surface area contributed by atoms with Gasteiger partial charge in [-0.05, 0) is 25.3 Å². The molecule has 15 heavy (non-hydrogen) atoms. The van der Waals surface area contributed by atoms with Crippen molar-refractivity contribution in [3.8, 4) is 5.88 Å². The Morgan fingerprint density at radius 3 is 2.47 bits per heavy atom. The Balaban J connectivity index is 2.57. The lowest BCUT2D eigenvalue weighted by atomic mass is 10.1. The lowest BCUT2D eigenvalue weighted by Crippen LogP contribution is -2.28. The Morgan fingerprint density at radius 1 is 1.40 bits per heavy atom. The number of pyridine rings is 1. The van der Waals surface area contributed by atoms with Crippen LogP contribution in [0.4, 0.5) is 0 Å². The smallest absolute Gasteiger partial charge is 0.213 e. The fraction of sp³-hybridized carbons (Fsp3) is 0.583. The summed E-state index contributed by atoms with van der Waals surface area (Å²) in [6.45, 7) is 7.90. The first-order valence-corrected chi connectivity index (χ1v) is 5.19. The second-order valence-corrected chi connectivity index (χ2v) is 4.69. The highest BCUT2D eigenvalue weighted by molar-refractivity contribution is 5.20. The third-order valence-electron chi connectivity index (χ3n) is 2.00. The van der Waals surface area contributed by atoms with Crippen LogP contribution in [0.3, 0.4) is 0 Å². The van der Waals surface area contributed by atoms with E-state index < -0.39 is 5.60 Å². The topological polar surface area (TPSA) is 42.4 Å². The van der Waals surface area contributed by atoms with E-state index >= 15 is 0 Å². The molecule has 0 saturated carbocycles. The summed E-state index contributed by atoms with van der Waals surface area (Å²) in [6.07, 6.45) is 1.81. The number of hydrogen-bond donors (Lipinski definition) is 1. The average molecular weight is 209 g/mol. The van der Waals surface area contributed by atoms with Crippen LogP contribution in [0.25, 0.3) is 0 Å². The molecule has 0 radical (unpaired) electrons. The van der Waals surface area contributed by atoms with Crippen molar-refractivity contribution in [3.05, 3.63) is 23.9 Å². The quantitative estimate of drug-likeness (QED) is 0.827. The van der Waals surface area contributed by atoms with E-state index in [0.717, 1.165) is 0 Å². The molecule has 84 valence electrons. The van der Waals surface area contributed by atoms with Gasteiger partial charge in [0.2, 0.25) is 5.88 Å². The Bertz CT molecular complexity index is 298. The molecule has 0 saturated heterocycles. The summed E-state index contributed by atoms with van der Waals surface area (Å²) in [5.74, 6) is 1.03. The Hall–Kier alpha value is -1.09. The van der Waals surface area contributed by atoms with Crippen molar-refractivity contribution in [2.24, 2.45) is 0 Å². The molecule has 1 heterocycles. The number of hydrogen-bond acceptors (Lipinski definition) is 3. The van der Waals surface area contributed by atoms with Crippen molar-refractivity contribution >= 4 is 0 Å². The van der Waals surface area contributed by atoms with Crippen LogP contribution in [0.1, 0.15) is 39.2 Å². The molecule has 3 nitrogen and oxygen atoms in total. The van der Waals surface area contributed by atoms with Gasteiger partial charge in [-0.2, -0.15) is 0 Å². The molecule has 0 fully saturated rings. The zero-order valence-corrected chi connectivity index (χ0v) is 9.82. The number of aromatic nitrogens is 1. The summed E-state index contributed by atoms with van der Waals surface area (Å²) in [5.41, 5.74) is 0.365. The molecule has 0 amide bonds. The predicted molar refractivity (Wildman–Crippen MR) is 60.1 cm³/mol. The van der Waals surface area contributed by atoms with Crippen LogP contribution < -0.4 is 4.74 Å². The Kier molecular flexibility index (Phi) is 3.69. The average Bonchev–Trinajstić information content (AvgIpc) is 2.14. The number of aliphatic hydroxyl groups is 1. The number of nitrogens with zero attached hydrogens (tertiary/aromatic N) is 1. The van der Waals surface area contributed by atoms with Crippen LogP contribution in [0.15, 0.2) is 18.3 Å². The lowest BCUT2D eigenvalue weighted by Gasteiger charge is -2.17. The van der Waals surface area contributed by atoms with Crippen molar-refractivity contribution in [3.63, 3.8) is 0 Å². The van der Waals surface area contributed by atoms with E-state index in [0.29, 0.717) is 11.8 Å². The lowest BCUT2D eigenvalue weighted by molar-refractivity contribution is 0.0268. The van der Waals surface area contributed by atoms with Gasteiger partial charge in [-0.3, -0.25) is 0 Å². The van der Waals surface area contributed by atoms with Crippen molar-refractivity contribution in [1.82, 2.24) is 4.98 Å². The molecule has 1 N–H and O–H groups in total. The van der Waals surface area contributed by atoms with E-state index in [1.807, 2.05) is 18.3 Å². The molecule has 0 aliphatic heterocycles. The molecule has 3 heteroatoms. The zero-order valence-electron chi connectivity index (χ0n) is 9.82. The van der Waals surface area contributed by atoms with Crippen molar-refractivity contribution in [1.29, 1.82) is 0 Å². The van der Waals surface area contributed by atoms with Crippen molar-refractivity contribution < 1.29 is 9.84 Å². The van der Waals surface area contributed by atoms with Gasteiger partial charge in [0.05, 0.1) is 5.60 Å². The van der Waals surface area contributed by atoms with Crippen LogP contribution in [-0.4, -0.2) is 22.3 Å². The molecule has 0 aliphatic carbocycles.